The minimum atomic E-state index is -0.154. The van der Waals surface area contributed by atoms with E-state index in [1.165, 1.54) is 6.07 Å². The smallest absolute Gasteiger partial charge is 0.146 e. The van der Waals surface area contributed by atoms with Crippen LogP contribution in [0.25, 0.3) is 0 Å². The fourth-order valence-corrected chi connectivity index (χ4v) is 1.60. The second-order valence-electron chi connectivity index (χ2n) is 3.70. The molecule has 0 bridgehead atoms. The Labute approximate surface area is 91.1 Å². The normalized spacial score (nSPS) is 12.6. The molecule has 1 rings (SSSR count). The maximum absolute atomic E-state index is 13.7. The predicted molar refractivity (Wildman–Crippen MR) is 62.8 cm³/mol. The summed E-state index contributed by atoms with van der Waals surface area (Å²) in [5, 5.41) is 3.13. The third kappa shape index (κ3) is 2.48. The summed E-state index contributed by atoms with van der Waals surface area (Å²) in [4.78, 5) is 1.93. The van der Waals surface area contributed by atoms with Gasteiger partial charge < -0.3 is 10.2 Å². The first kappa shape index (κ1) is 12.0. The van der Waals surface area contributed by atoms with Gasteiger partial charge in [0.1, 0.15) is 5.82 Å². The van der Waals surface area contributed by atoms with E-state index >= 15 is 0 Å². The summed E-state index contributed by atoms with van der Waals surface area (Å²) in [6, 6.07) is 5.38. The summed E-state index contributed by atoms with van der Waals surface area (Å²) in [6.45, 7) is 4.84. The third-order valence-electron chi connectivity index (χ3n) is 2.77. The first-order valence-corrected chi connectivity index (χ1v) is 5.28. The fourth-order valence-electron chi connectivity index (χ4n) is 1.60. The molecule has 0 saturated carbocycles. The molecule has 0 aromatic heterocycles. The van der Waals surface area contributed by atoms with Crippen LogP contribution in [-0.4, -0.2) is 20.6 Å². The SMILES string of the molecule is CCN(C)c1c(F)cccc1C(C)NC. The molecule has 0 aliphatic rings. The predicted octanol–water partition coefficient (Wildman–Crippen LogP) is 2.56. The molecule has 0 radical (unpaired) electrons. The van der Waals surface area contributed by atoms with Crippen LogP contribution in [0.2, 0.25) is 0 Å². The number of rotatable bonds is 4. The lowest BCUT2D eigenvalue weighted by molar-refractivity contribution is 0.604. The van der Waals surface area contributed by atoms with Gasteiger partial charge in [-0.3, -0.25) is 0 Å². The Bertz CT molecular complexity index is 325. The van der Waals surface area contributed by atoms with Crippen LogP contribution in [0.15, 0.2) is 18.2 Å². The van der Waals surface area contributed by atoms with Gasteiger partial charge in [-0.25, -0.2) is 4.39 Å². The van der Waals surface area contributed by atoms with Crippen molar-refractivity contribution in [1.29, 1.82) is 0 Å². The lowest BCUT2D eigenvalue weighted by Crippen LogP contribution is -2.22. The molecular formula is C12H19FN2. The van der Waals surface area contributed by atoms with Gasteiger partial charge in [0.2, 0.25) is 0 Å². The third-order valence-corrected chi connectivity index (χ3v) is 2.77. The van der Waals surface area contributed by atoms with Crippen LogP contribution in [-0.2, 0) is 0 Å². The Kier molecular flexibility index (Phi) is 4.09. The number of nitrogens with one attached hydrogen (secondary N) is 1. The monoisotopic (exact) mass is 210 g/mol. The zero-order valence-corrected chi connectivity index (χ0v) is 9.84. The van der Waals surface area contributed by atoms with Crippen LogP contribution in [0.3, 0.4) is 0 Å². The van der Waals surface area contributed by atoms with Crippen LogP contribution in [0, 0.1) is 5.82 Å². The lowest BCUT2D eigenvalue weighted by Gasteiger charge is -2.24. The Morgan fingerprint density at radius 1 is 1.47 bits per heavy atom. The first-order chi connectivity index (χ1) is 7.11. The van der Waals surface area contributed by atoms with E-state index in [-0.39, 0.29) is 11.9 Å². The van der Waals surface area contributed by atoms with E-state index < -0.39 is 0 Å². The minimum Gasteiger partial charge on any atom is -0.372 e. The van der Waals surface area contributed by atoms with Crippen molar-refractivity contribution in [3.05, 3.63) is 29.6 Å². The van der Waals surface area contributed by atoms with Crippen molar-refractivity contribution in [3.8, 4) is 0 Å². The van der Waals surface area contributed by atoms with Crippen molar-refractivity contribution < 1.29 is 4.39 Å². The number of benzene rings is 1. The molecule has 1 atom stereocenters. The van der Waals surface area contributed by atoms with Gasteiger partial charge in [0, 0.05) is 19.6 Å². The van der Waals surface area contributed by atoms with E-state index in [2.05, 4.69) is 5.32 Å². The molecule has 1 unspecified atom stereocenters. The van der Waals surface area contributed by atoms with Gasteiger partial charge in [-0.2, -0.15) is 0 Å². The van der Waals surface area contributed by atoms with Crippen molar-refractivity contribution >= 4 is 5.69 Å². The minimum absolute atomic E-state index is 0.154. The molecule has 0 aliphatic heterocycles. The van der Waals surface area contributed by atoms with Crippen molar-refractivity contribution in [2.75, 3.05) is 25.5 Å². The van der Waals surface area contributed by atoms with E-state index in [0.29, 0.717) is 5.69 Å². The van der Waals surface area contributed by atoms with Crippen molar-refractivity contribution in [3.63, 3.8) is 0 Å². The van der Waals surface area contributed by atoms with E-state index in [0.717, 1.165) is 12.1 Å². The summed E-state index contributed by atoms with van der Waals surface area (Å²) in [5.74, 6) is -0.154. The van der Waals surface area contributed by atoms with E-state index in [1.807, 2.05) is 38.9 Å². The number of para-hydroxylation sites is 1. The molecule has 0 spiro atoms. The van der Waals surface area contributed by atoms with Crippen LogP contribution in [0.5, 0.6) is 0 Å². The molecule has 0 amide bonds. The average molecular weight is 210 g/mol. The van der Waals surface area contributed by atoms with Gasteiger partial charge in [-0.1, -0.05) is 12.1 Å². The maximum atomic E-state index is 13.7. The molecule has 3 heteroatoms. The van der Waals surface area contributed by atoms with Crippen molar-refractivity contribution in [2.45, 2.75) is 19.9 Å². The van der Waals surface area contributed by atoms with Gasteiger partial charge >= 0.3 is 0 Å². The van der Waals surface area contributed by atoms with E-state index in [4.69, 9.17) is 0 Å². The Morgan fingerprint density at radius 3 is 2.67 bits per heavy atom. The highest BCUT2D eigenvalue weighted by Gasteiger charge is 2.15. The fraction of sp³-hybridized carbons (Fsp3) is 0.500. The van der Waals surface area contributed by atoms with Gasteiger partial charge in [0.25, 0.3) is 0 Å². The van der Waals surface area contributed by atoms with Crippen LogP contribution < -0.4 is 10.2 Å². The highest BCUT2D eigenvalue weighted by atomic mass is 19.1. The number of anilines is 1. The Balaban J connectivity index is 3.19. The molecule has 0 saturated heterocycles. The molecule has 84 valence electrons. The standard InChI is InChI=1S/C12H19FN2/c1-5-15(4)12-10(9(2)14-3)7-6-8-11(12)13/h6-9,14H,5H2,1-4H3. The lowest BCUT2D eigenvalue weighted by atomic mass is 10.1. The highest BCUT2D eigenvalue weighted by Crippen LogP contribution is 2.28. The van der Waals surface area contributed by atoms with E-state index in [1.54, 1.807) is 6.07 Å². The summed E-state index contributed by atoms with van der Waals surface area (Å²) in [7, 11) is 3.79. The largest absolute Gasteiger partial charge is 0.372 e. The molecule has 0 fully saturated rings. The quantitative estimate of drug-likeness (QED) is 0.821. The zero-order chi connectivity index (χ0) is 11.4. The average Bonchev–Trinajstić information content (AvgIpc) is 2.26. The topological polar surface area (TPSA) is 15.3 Å². The molecular weight excluding hydrogens is 191 g/mol. The molecule has 1 aromatic carbocycles. The van der Waals surface area contributed by atoms with Gasteiger partial charge in [0.05, 0.1) is 5.69 Å². The Morgan fingerprint density at radius 2 is 2.13 bits per heavy atom. The van der Waals surface area contributed by atoms with Crippen LogP contribution in [0.4, 0.5) is 10.1 Å². The van der Waals surface area contributed by atoms with Crippen LogP contribution >= 0.6 is 0 Å². The number of nitrogens with zero attached hydrogens (tertiary/aromatic N) is 1. The highest BCUT2D eigenvalue weighted by molar-refractivity contribution is 5.55. The van der Waals surface area contributed by atoms with Crippen LogP contribution in [0.1, 0.15) is 25.5 Å². The number of halogens is 1. The molecule has 0 heterocycles. The molecule has 1 N–H and O–H groups in total. The van der Waals surface area contributed by atoms with Gasteiger partial charge in [-0.05, 0) is 32.5 Å². The zero-order valence-electron chi connectivity index (χ0n) is 9.84. The first-order valence-electron chi connectivity index (χ1n) is 5.28. The summed E-state index contributed by atoms with van der Waals surface area (Å²) in [6.07, 6.45) is 0. The van der Waals surface area contributed by atoms with Gasteiger partial charge in [0.15, 0.2) is 0 Å². The van der Waals surface area contributed by atoms with E-state index in [9.17, 15) is 4.39 Å². The maximum Gasteiger partial charge on any atom is 0.146 e. The molecule has 1 aromatic rings. The Hall–Kier alpha value is -1.09. The van der Waals surface area contributed by atoms with Crippen molar-refractivity contribution in [1.82, 2.24) is 5.32 Å². The number of hydrogen-bond donors (Lipinski definition) is 1. The summed E-state index contributed by atoms with van der Waals surface area (Å²) in [5.41, 5.74) is 1.70. The number of hydrogen-bond acceptors (Lipinski definition) is 2. The summed E-state index contributed by atoms with van der Waals surface area (Å²) >= 11 is 0. The summed E-state index contributed by atoms with van der Waals surface area (Å²) < 4.78 is 13.7. The molecule has 0 aliphatic carbocycles. The second-order valence-corrected chi connectivity index (χ2v) is 3.70. The van der Waals surface area contributed by atoms with Crippen molar-refractivity contribution in [2.24, 2.45) is 0 Å². The van der Waals surface area contributed by atoms with Gasteiger partial charge in [-0.15, -0.1) is 0 Å². The second kappa shape index (κ2) is 5.12. The molecule has 2 nitrogen and oxygen atoms in total. The molecule has 15 heavy (non-hydrogen) atoms.